The summed E-state index contributed by atoms with van der Waals surface area (Å²) in [5.41, 5.74) is 1.94. The van der Waals surface area contributed by atoms with Crippen LogP contribution in [0.3, 0.4) is 0 Å². The van der Waals surface area contributed by atoms with Crippen molar-refractivity contribution in [3.05, 3.63) is 46.6 Å². The lowest BCUT2D eigenvalue weighted by Crippen LogP contribution is -2.13. The van der Waals surface area contributed by atoms with Gasteiger partial charge in [0.15, 0.2) is 0 Å². The van der Waals surface area contributed by atoms with Gasteiger partial charge in [-0.2, -0.15) is 0 Å². The maximum Gasteiger partial charge on any atom is 0.277 e. The first-order valence-corrected chi connectivity index (χ1v) is 10.5. The van der Waals surface area contributed by atoms with Gasteiger partial charge in [0.05, 0.1) is 10.6 Å². The van der Waals surface area contributed by atoms with Crippen molar-refractivity contribution in [1.82, 2.24) is 10.2 Å². The van der Waals surface area contributed by atoms with Crippen molar-refractivity contribution in [3.63, 3.8) is 0 Å². The van der Waals surface area contributed by atoms with E-state index in [4.69, 9.17) is 4.42 Å². The monoisotopic (exact) mass is 403 g/mol. The molecule has 5 nitrogen and oxygen atoms in total. The first kappa shape index (κ1) is 18.2. The van der Waals surface area contributed by atoms with Crippen LogP contribution in [0, 0.1) is 11.7 Å². The Hall–Kier alpha value is -2.19. The van der Waals surface area contributed by atoms with Crippen LogP contribution in [0.5, 0.6) is 0 Å². The minimum Gasteiger partial charge on any atom is -0.410 e. The fourth-order valence-electron chi connectivity index (χ4n) is 3.04. The number of aryl methyl sites for hydroxylation is 1. The smallest absolute Gasteiger partial charge is 0.277 e. The number of nitrogens with zero attached hydrogens (tertiary/aromatic N) is 2. The van der Waals surface area contributed by atoms with Crippen LogP contribution >= 0.6 is 23.1 Å². The van der Waals surface area contributed by atoms with Crippen LogP contribution < -0.4 is 5.32 Å². The molecule has 2 aromatic heterocycles. The first-order valence-electron chi connectivity index (χ1n) is 8.70. The van der Waals surface area contributed by atoms with Gasteiger partial charge in [0.2, 0.25) is 5.91 Å². The summed E-state index contributed by atoms with van der Waals surface area (Å²) in [4.78, 5) is 14.4. The van der Waals surface area contributed by atoms with Crippen LogP contribution in [0.1, 0.15) is 23.8 Å². The molecule has 0 fully saturated rings. The second-order valence-corrected chi connectivity index (χ2v) is 8.69. The highest BCUT2D eigenvalue weighted by molar-refractivity contribution is 7.99. The summed E-state index contributed by atoms with van der Waals surface area (Å²) in [6.07, 6.45) is 3.44. The predicted molar refractivity (Wildman–Crippen MR) is 105 cm³/mol. The number of aromatic nitrogens is 2. The van der Waals surface area contributed by atoms with Gasteiger partial charge in [-0.05, 0) is 61.1 Å². The molecule has 0 spiro atoms. The lowest BCUT2D eigenvalue weighted by Gasteiger charge is -2.16. The summed E-state index contributed by atoms with van der Waals surface area (Å²) >= 11 is 2.90. The molecule has 0 saturated heterocycles. The molecule has 0 saturated carbocycles. The highest BCUT2D eigenvalue weighted by atomic mass is 32.2. The summed E-state index contributed by atoms with van der Waals surface area (Å²) in [5.74, 6) is 0.798. The normalized spacial score (nSPS) is 16.1. The molecule has 4 rings (SSSR count). The minimum absolute atomic E-state index is 0.136. The highest BCUT2D eigenvalue weighted by Crippen LogP contribution is 2.37. The van der Waals surface area contributed by atoms with Crippen molar-refractivity contribution < 1.29 is 13.6 Å². The van der Waals surface area contributed by atoms with Crippen molar-refractivity contribution in [2.75, 3.05) is 11.1 Å². The second-order valence-electron chi connectivity index (χ2n) is 6.62. The Labute approximate surface area is 164 Å². The van der Waals surface area contributed by atoms with Crippen molar-refractivity contribution >= 4 is 34.7 Å². The van der Waals surface area contributed by atoms with Gasteiger partial charge in [0.25, 0.3) is 11.1 Å². The number of hydrogen-bond acceptors (Lipinski definition) is 6. The fourth-order valence-corrected chi connectivity index (χ4v) is 4.73. The third-order valence-electron chi connectivity index (χ3n) is 4.40. The molecule has 1 aromatic carbocycles. The molecule has 3 aromatic rings. The average molecular weight is 404 g/mol. The van der Waals surface area contributed by atoms with Gasteiger partial charge in [0, 0.05) is 10.6 Å². The maximum atomic E-state index is 12.9. The van der Waals surface area contributed by atoms with Crippen LogP contribution in [0.2, 0.25) is 0 Å². The molecule has 27 heavy (non-hydrogen) atoms. The van der Waals surface area contributed by atoms with E-state index in [9.17, 15) is 9.18 Å². The molecule has 1 aliphatic rings. The molecule has 0 aliphatic heterocycles. The first-order chi connectivity index (χ1) is 13.1. The van der Waals surface area contributed by atoms with Crippen LogP contribution in [-0.2, 0) is 17.6 Å². The Morgan fingerprint density at radius 2 is 2.19 bits per heavy atom. The summed E-state index contributed by atoms with van der Waals surface area (Å²) in [6.45, 7) is 2.28. The number of carbonyl (C=O) groups is 1. The Bertz CT molecular complexity index is 952. The number of rotatable bonds is 5. The zero-order valence-electron chi connectivity index (χ0n) is 14.7. The predicted octanol–water partition coefficient (Wildman–Crippen LogP) is 4.79. The molecule has 140 valence electrons. The van der Waals surface area contributed by atoms with Gasteiger partial charge in [0.1, 0.15) is 5.82 Å². The van der Waals surface area contributed by atoms with E-state index < -0.39 is 0 Å². The van der Waals surface area contributed by atoms with Crippen LogP contribution in [0.4, 0.5) is 10.1 Å². The van der Waals surface area contributed by atoms with Gasteiger partial charge < -0.3 is 9.73 Å². The molecule has 1 N–H and O–H groups in total. The molecule has 0 bridgehead atoms. The zero-order valence-corrected chi connectivity index (χ0v) is 16.3. The summed E-state index contributed by atoms with van der Waals surface area (Å²) in [6, 6.07) is 7.78. The van der Waals surface area contributed by atoms with Crippen molar-refractivity contribution in [3.8, 4) is 10.8 Å². The van der Waals surface area contributed by atoms with E-state index in [-0.39, 0.29) is 17.5 Å². The number of anilines is 1. The van der Waals surface area contributed by atoms with E-state index >= 15 is 0 Å². The molecular formula is C19H18FN3O2S2. The molecule has 2 heterocycles. The largest absolute Gasteiger partial charge is 0.410 e. The average Bonchev–Trinajstić information content (AvgIpc) is 3.28. The van der Waals surface area contributed by atoms with Crippen LogP contribution in [-0.4, -0.2) is 21.9 Å². The lowest BCUT2D eigenvalue weighted by atomic mass is 9.90. The number of amides is 1. The number of benzene rings is 1. The fraction of sp³-hybridized carbons (Fsp3) is 0.316. The Morgan fingerprint density at radius 1 is 1.37 bits per heavy atom. The summed E-state index contributed by atoms with van der Waals surface area (Å²) in [7, 11) is 0. The minimum atomic E-state index is -0.342. The van der Waals surface area contributed by atoms with E-state index in [1.165, 1.54) is 52.9 Å². The van der Waals surface area contributed by atoms with Gasteiger partial charge in [-0.1, -0.05) is 18.7 Å². The number of thioether (sulfide) groups is 1. The van der Waals surface area contributed by atoms with Crippen molar-refractivity contribution in [1.29, 1.82) is 0 Å². The lowest BCUT2D eigenvalue weighted by molar-refractivity contribution is -0.113. The number of nitrogens with one attached hydrogen (secondary N) is 1. The molecule has 1 atom stereocenters. The standard InChI is InChI=1S/C19H18FN3O2S2/c1-11-2-7-15-12(8-11)9-16(27-15)18-22-23-19(25-18)26-10-17(24)21-14-5-3-13(20)4-6-14/h3-6,9,11H,2,7-8,10H2,1H3,(H,21,24)/t11-/m0/s1. The Balaban J connectivity index is 1.35. The maximum absolute atomic E-state index is 12.9. The van der Waals surface area contributed by atoms with E-state index in [0.717, 1.165) is 17.7 Å². The molecule has 8 heteroatoms. The second kappa shape index (κ2) is 7.82. The van der Waals surface area contributed by atoms with Gasteiger partial charge in [-0.25, -0.2) is 4.39 Å². The van der Waals surface area contributed by atoms with Crippen LogP contribution in [0.15, 0.2) is 40.0 Å². The summed E-state index contributed by atoms with van der Waals surface area (Å²) < 4.78 is 18.6. The molecule has 1 amide bonds. The molecule has 1 aliphatic carbocycles. The number of hydrogen-bond donors (Lipinski definition) is 1. The zero-order chi connectivity index (χ0) is 18.8. The summed E-state index contributed by atoms with van der Waals surface area (Å²) in [5, 5.41) is 11.2. The topological polar surface area (TPSA) is 68.0 Å². The van der Waals surface area contributed by atoms with Crippen molar-refractivity contribution in [2.45, 2.75) is 31.4 Å². The molecular weight excluding hydrogens is 385 g/mol. The van der Waals surface area contributed by atoms with Gasteiger partial charge in [-0.15, -0.1) is 21.5 Å². The highest BCUT2D eigenvalue weighted by Gasteiger charge is 2.21. The number of halogens is 1. The Kier molecular flexibility index (Phi) is 5.27. The SMILES string of the molecule is C[C@H]1CCc2sc(-c3nnc(SCC(=O)Nc4ccc(F)cc4)o3)cc2C1. The third kappa shape index (κ3) is 4.39. The quantitative estimate of drug-likeness (QED) is 0.620. The van der Waals surface area contributed by atoms with E-state index in [1.807, 2.05) is 0 Å². The van der Waals surface area contributed by atoms with Crippen LogP contribution in [0.25, 0.3) is 10.8 Å². The molecule has 0 radical (unpaired) electrons. The van der Waals surface area contributed by atoms with E-state index in [0.29, 0.717) is 22.7 Å². The molecule has 0 unspecified atom stereocenters. The number of fused-ring (bicyclic) bond motifs is 1. The Morgan fingerprint density at radius 3 is 3.00 bits per heavy atom. The number of thiophene rings is 1. The van der Waals surface area contributed by atoms with Crippen molar-refractivity contribution in [2.24, 2.45) is 5.92 Å². The van der Waals surface area contributed by atoms with E-state index in [2.05, 4.69) is 28.5 Å². The van der Waals surface area contributed by atoms with Gasteiger partial charge in [-0.3, -0.25) is 4.79 Å². The number of carbonyl (C=O) groups excluding carboxylic acids is 1. The van der Waals surface area contributed by atoms with E-state index in [1.54, 1.807) is 11.3 Å². The van der Waals surface area contributed by atoms with Gasteiger partial charge >= 0.3 is 0 Å². The third-order valence-corrected chi connectivity index (χ3v) is 6.44.